The Morgan fingerprint density at radius 1 is 0.400 bits per heavy atom. The molecule has 0 aromatic heterocycles. The van der Waals surface area contributed by atoms with Gasteiger partial charge in [0.25, 0.3) is 0 Å². The summed E-state index contributed by atoms with van der Waals surface area (Å²) in [5, 5.41) is 24.5. The molecular formula is C56H80O4. The maximum atomic E-state index is 12.2. The third-order valence-electron chi connectivity index (χ3n) is 12.5. The van der Waals surface area contributed by atoms with Crippen molar-refractivity contribution in [1.29, 1.82) is 0 Å². The van der Waals surface area contributed by atoms with Gasteiger partial charge in [-0.1, -0.05) is 158 Å². The number of hydrogen-bond acceptors (Lipinski definition) is 4. The number of phenolic OH excluding ortho intramolecular Hbond substituents is 2. The van der Waals surface area contributed by atoms with Crippen molar-refractivity contribution in [3.8, 4) is 23.0 Å². The van der Waals surface area contributed by atoms with Crippen molar-refractivity contribution in [2.24, 2.45) is 0 Å². The molecule has 0 radical (unpaired) electrons. The molecule has 4 nitrogen and oxygen atoms in total. The lowest BCUT2D eigenvalue weighted by Gasteiger charge is -2.27. The average molecular weight is 817 g/mol. The fourth-order valence-electron chi connectivity index (χ4n) is 8.40. The van der Waals surface area contributed by atoms with E-state index in [2.05, 4.69) is 145 Å². The maximum absolute atomic E-state index is 12.2. The van der Waals surface area contributed by atoms with Gasteiger partial charge in [0, 0.05) is 12.8 Å². The van der Waals surface area contributed by atoms with Gasteiger partial charge in [-0.15, -0.1) is 0 Å². The van der Waals surface area contributed by atoms with Gasteiger partial charge in [-0.25, -0.2) is 0 Å². The minimum Gasteiger partial charge on any atom is -0.507 e. The molecule has 60 heavy (non-hydrogen) atoms. The number of benzene rings is 4. The quantitative estimate of drug-likeness (QED) is 0.174. The first-order chi connectivity index (χ1) is 28.0. The zero-order valence-electron chi connectivity index (χ0n) is 40.2. The first-order valence-electron chi connectivity index (χ1n) is 23.3. The molecule has 1 aliphatic carbocycles. The molecule has 4 aromatic rings. The predicted octanol–water partition coefficient (Wildman–Crippen LogP) is 14.5. The molecule has 0 atom stereocenters. The highest BCUT2D eigenvalue weighted by atomic mass is 16.5. The highest BCUT2D eigenvalue weighted by molar-refractivity contribution is 5.55. The van der Waals surface area contributed by atoms with Crippen LogP contribution in [0.25, 0.3) is 0 Å². The standard InChI is InChI=1S/C56H80O4/c1-15-17-25-59-51-39-23-19-21-37-29-46(54(6,7)8)34-42(50(37)58)28-44-36-48(56(12,13)14)32-40(52(44)60-26-18-16-2)24-20-22-38-30-45(53(3,4)5)33-41(49(38)57)27-43(51)35-47(31-39)55(9,10)11/h29-36,57-58H,15-28H2,1-14H3. The van der Waals surface area contributed by atoms with Gasteiger partial charge in [-0.2, -0.15) is 0 Å². The van der Waals surface area contributed by atoms with Crippen LogP contribution in [0.2, 0.25) is 0 Å². The summed E-state index contributed by atoms with van der Waals surface area (Å²) < 4.78 is 13.6. The third-order valence-corrected chi connectivity index (χ3v) is 12.5. The highest BCUT2D eigenvalue weighted by Crippen LogP contribution is 2.42. The Balaban J connectivity index is 1.77. The summed E-state index contributed by atoms with van der Waals surface area (Å²) in [4.78, 5) is 0. The summed E-state index contributed by atoms with van der Waals surface area (Å²) in [6.07, 6.45) is 10.1. The van der Waals surface area contributed by atoms with Crippen LogP contribution in [0.1, 0.15) is 202 Å². The summed E-state index contributed by atoms with van der Waals surface area (Å²) in [6.45, 7) is 33.0. The Bertz CT molecular complexity index is 1940. The van der Waals surface area contributed by atoms with Gasteiger partial charge in [0.1, 0.15) is 23.0 Å². The number of hydrogen-bond donors (Lipinski definition) is 2. The van der Waals surface area contributed by atoms with Crippen LogP contribution >= 0.6 is 0 Å². The van der Waals surface area contributed by atoms with Gasteiger partial charge in [-0.3, -0.25) is 0 Å². The van der Waals surface area contributed by atoms with E-state index in [1.165, 1.54) is 33.4 Å². The smallest absolute Gasteiger partial charge is 0.126 e. The molecular weight excluding hydrogens is 737 g/mol. The molecule has 4 heteroatoms. The Hall–Kier alpha value is -3.92. The number of ether oxygens (including phenoxy) is 2. The second-order valence-corrected chi connectivity index (χ2v) is 22.0. The van der Waals surface area contributed by atoms with E-state index in [0.717, 1.165) is 109 Å². The zero-order chi connectivity index (χ0) is 44.2. The van der Waals surface area contributed by atoms with E-state index in [0.29, 0.717) is 37.6 Å². The lowest BCUT2D eigenvalue weighted by Crippen LogP contribution is -2.16. The summed E-state index contributed by atoms with van der Waals surface area (Å²) in [7, 11) is 0. The lowest BCUT2D eigenvalue weighted by molar-refractivity contribution is 0.303. The molecule has 0 saturated heterocycles. The van der Waals surface area contributed by atoms with Gasteiger partial charge in [0.2, 0.25) is 0 Å². The summed E-state index contributed by atoms with van der Waals surface area (Å²) >= 11 is 0. The Morgan fingerprint density at radius 2 is 0.667 bits per heavy atom. The van der Waals surface area contributed by atoms with Crippen molar-refractivity contribution in [2.75, 3.05) is 13.2 Å². The monoisotopic (exact) mass is 817 g/mol. The van der Waals surface area contributed by atoms with Gasteiger partial charge in [-0.05, 0) is 140 Å². The third kappa shape index (κ3) is 11.7. The van der Waals surface area contributed by atoms with Crippen LogP contribution in [0.3, 0.4) is 0 Å². The molecule has 0 fully saturated rings. The van der Waals surface area contributed by atoms with E-state index in [9.17, 15) is 10.2 Å². The largest absolute Gasteiger partial charge is 0.507 e. The molecule has 0 saturated carbocycles. The molecule has 0 aliphatic heterocycles. The van der Waals surface area contributed by atoms with Crippen LogP contribution in [-0.2, 0) is 60.2 Å². The second kappa shape index (κ2) is 19.0. The number of fused-ring (bicyclic) bond motifs is 8. The average Bonchev–Trinajstić information content (AvgIpc) is 3.14. The van der Waals surface area contributed by atoms with Crippen LogP contribution in [0.15, 0.2) is 48.5 Å². The molecule has 0 amide bonds. The lowest BCUT2D eigenvalue weighted by atomic mass is 9.80. The maximum Gasteiger partial charge on any atom is 0.126 e. The first kappa shape index (κ1) is 47.1. The van der Waals surface area contributed by atoms with Crippen molar-refractivity contribution < 1.29 is 19.7 Å². The molecule has 0 unspecified atom stereocenters. The van der Waals surface area contributed by atoms with E-state index < -0.39 is 0 Å². The number of rotatable bonds is 8. The number of unbranched alkanes of at least 4 members (excludes halogenated alkanes) is 2. The predicted molar refractivity (Wildman–Crippen MR) is 254 cm³/mol. The normalized spacial score (nSPS) is 14.5. The molecule has 5 rings (SSSR count). The van der Waals surface area contributed by atoms with Crippen LogP contribution in [0.4, 0.5) is 0 Å². The molecule has 328 valence electrons. The minimum absolute atomic E-state index is 0.0737. The Labute approximate surface area is 365 Å². The summed E-state index contributed by atoms with van der Waals surface area (Å²) in [5.74, 6) is 2.74. The SMILES string of the molecule is CCCCOc1c2cc(C(C)(C)C)cc1Cc1cc(C(C)(C)C)cc(c1O)CCCc1cc(C(C)(C)C)cc(c1OCCCC)Cc1cc(C(C)(C)C)cc(c1O)CCC2. The van der Waals surface area contributed by atoms with E-state index >= 15 is 0 Å². The first-order valence-corrected chi connectivity index (χ1v) is 23.3. The topological polar surface area (TPSA) is 58.9 Å². The zero-order valence-corrected chi connectivity index (χ0v) is 40.2. The summed E-state index contributed by atoms with van der Waals surface area (Å²) in [5.41, 5.74) is 13.3. The van der Waals surface area contributed by atoms with Crippen LogP contribution < -0.4 is 9.47 Å². The van der Waals surface area contributed by atoms with Crippen LogP contribution in [-0.4, -0.2) is 23.4 Å². The van der Waals surface area contributed by atoms with E-state index in [-0.39, 0.29) is 21.7 Å². The summed E-state index contributed by atoms with van der Waals surface area (Å²) in [6, 6.07) is 18.4. The van der Waals surface area contributed by atoms with Crippen molar-refractivity contribution in [3.63, 3.8) is 0 Å². The number of aryl methyl sites for hydroxylation is 4. The van der Waals surface area contributed by atoms with Crippen molar-refractivity contribution in [3.05, 3.63) is 115 Å². The van der Waals surface area contributed by atoms with Gasteiger partial charge >= 0.3 is 0 Å². The van der Waals surface area contributed by atoms with Crippen molar-refractivity contribution >= 4 is 0 Å². The van der Waals surface area contributed by atoms with Gasteiger partial charge in [0.05, 0.1) is 13.2 Å². The van der Waals surface area contributed by atoms with E-state index in [1.54, 1.807) is 0 Å². The fraction of sp³-hybridized carbons (Fsp3) is 0.571. The molecule has 8 bridgehead atoms. The fourth-order valence-corrected chi connectivity index (χ4v) is 8.40. The Kier molecular flexibility index (Phi) is 14.9. The molecule has 0 spiro atoms. The van der Waals surface area contributed by atoms with Gasteiger partial charge < -0.3 is 19.7 Å². The minimum atomic E-state index is -0.0889. The highest BCUT2D eigenvalue weighted by Gasteiger charge is 2.27. The van der Waals surface area contributed by atoms with Gasteiger partial charge in [0.15, 0.2) is 0 Å². The Morgan fingerprint density at radius 3 is 0.967 bits per heavy atom. The van der Waals surface area contributed by atoms with E-state index in [4.69, 9.17) is 9.47 Å². The van der Waals surface area contributed by atoms with Crippen LogP contribution in [0.5, 0.6) is 23.0 Å². The van der Waals surface area contributed by atoms with Crippen molar-refractivity contribution in [2.45, 2.75) is 196 Å². The van der Waals surface area contributed by atoms with Crippen molar-refractivity contribution in [1.82, 2.24) is 0 Å². The second-order valence-electron chi connectivity index (χ2n) is 22.0. The molecule has 2 N–H and O–H groups in total. The molecule has 1 aliphatic rings. The molecule has 4 aromatic carbocycles. The number of aromatic hydroxyl groups is 2. The number of phenols is 2. The molecule has 0 heterocycles. The van der Waals surface area contributed by atoms with E-state index in [1.807, 2.05) is 0 Å². The van der Waals surface area contributed by atoms with Crippen LogP contribution in [0, 0.1) is 0 Å².